The van der Waals surface area contributed by atoms with E-state index in [0.29, 0.717) is 13.0 Å². The van der Waals surface area contributed by atoms with E-state index in [4.69, 9.17) is 0 Å². The second-order valence-electron chi connectivity index (χ2n) is 4.48. The third-order valence-electron chi connectivity index (χ3n) is 3.13. The zero-order valence-corrected chi connectivity index (χ0v) is 11.9. The van der Waals surface area contributed by atoms with Crippen LogP contribution in [0.15, 0.2) is 24.8 Å². The minimum atomic E-state index is -0.0948. The molecule has 0 spiro atoms. The molecule has 7 heteroatoms. The predicted octanol–water partition coefficient (Wildman–Crippen LogP) is 1.15. The van der Waals surface area contributed by atoms with E-state index in [1.54, 1.807) is 10.9 Å². The lowest BCUT2D eigenvalue weighted by atomic mass is 10.2. The van der Waals surface area contributed by atoms with Gasteiger partial charge in [0.05, 0.1) is 6.04 Å². The van der Waals surface area contributed by atoms with Crippen molar-refractivity contribution in [3.63, 3.8) is 0 Å². The highest BCUT2D eigenvalue weighted by molar-refractivity contribution is 5.76. The molecule has 0 radical (unpaired) electrons. The summed E-state index contributed by atoms with van der Waals surface area (Å²) in [4.78, 5) is 16.2. The molecule has 0 bridgehead atoms. The zero-order valence-electron chi connectivity index (χ0n) is 11.9. The SMILES string of the molecule is CC[C@H](NC(=O)CCn1cccn1)c1ncnn1CC. The van der Waals surface area contributed by atoms with Crippen LogP contribution in [0.1, 0.15) is 38.6 Å². The predicted molar refractivity (Wildman–Crippen MR) is 73.7 cm³/mol. The fraction of sp³-hybridized carbons (Fsp3) is 0.538. The van der Waals surface area contributed by atoms with Crippen LogP contribution >= 0.6 is 0 Å². The molecule has 2 aromatic rings. The van der Waals surface area contributed by atoms with Crippen LogP contribution in [-0.2, 0) is 17.9 Å². The third-order valence-corrected chi connectivity index (χ3v) is 3.13. The van der Waals surface area contributed by atoms with Crippen molar-refractivity contribution in [2.45, 2.75) is 45.8 Å². The normalized spacial score (nSPS) is 12.3. The Kier molecular flexibility index (Phi) is 4.86. The second-order valence-corrected chi connectivity index (χ2v) is 4.48. The Hall–Kier alpha value is -2.18. The summed E-state index contributed by atoms with van der Waals surface area (Å²) in [5.74, 6) is 0.806. The Bertz CT molecular complexity index is 533. The zero-order chi connectivity index (χ0) is 14.4. The number of carbonyl (C=O) groups excluding carboxylic acids is 1. The van der Waals surface area contributed by atoms with Gasteiger partial charge in [0.2, 0.25) is 5.91 Å². The maximum Gasteiger partial charge on any atom is 0.222 e. The van der Waals surface area contributed by atoms with Crippen LogP contribution in [-0.4, -0.2) is 30.5 Å². The van der Waals surface area contributed by atoms with Gasteiger partial charge in [-0.2, -0.15) is 10.2 Å². The molecule has 0 aliphatic heterocycles. The van der Waals surface area contributed by atoms with Crippen LogP contribution < -0.4 is 5.32 Å². The first-order valence-electron chi connectivity index (χ1n) is 6.89. The summed E-state index contributed by atoms with van der Waals surface area (Å²) in [5, 5.41) is 11.2. The first kappa shape index (κ1) is 14.2. The van der Waals surface area contributed by atoms with E-state index in [-0.39, 0.29) is 11.9 Å². The van der Waals surface area contributed by atoms with E-state index in [1.165, 1.54) is 6.33 Å². The maximum absolute atomic E-state index is 12.0. The molecule has 108 valence electrons. The smallest absolute Gasteiger partial charge is 0.222 e. The fourth-order valence-corrected chi connectivity index (χ4v) is 2.05. The van der Waals surface area contributed by atoms with Crippen molar-refractivity contribution in [2.24, 2.45) is 0 Å². The Morgan fingerprint density at radius 3 is 2.90 bits per heavy atom. The molecular formula is C13H20N6O. The van der Waals surface area contributed by atoms with Crippen LogP contribution in [0.25, 0.3) is 0 Å². The molecule has 1 atom stereocenters. The van der Waals surface area contributed by atoms with Gasteiger partial charge in [-0.15, -0.1) is 0 Å². The monoisotopic (exact) mass is 276 g/mol. The summed E-state index contributed by atoms with van der Waals surface area (Å²) in [5.41, 5.74) is 0. The highest BCUT2D eigenvalue weighted by Crippen LogP contribution is 2.13. The minimum absolute atomic E-state index is 0.00185. The largest absolute Gasteiger partial charge is 0.346 e. The minimum Gasteiger partial charge on any atom is -0.346 e. The molecule has 1 amide bonds. The van der Waals surface area contributed by atoms with Gasteiger partial charge in [-0.1, -0.05) is 6.92 Å². The second kappa shape index (κ2) is 6.83. The molecule has 2 rings (SSSR count). The lowest BCUT2D eigenvalue weighted by molar-refractivity contribution is -0.122. The molecule has 0 unspecified atom stereocenters. The van der Waals surface area contributed by atoms with Crippen LogP contribution in [0.2, 0.25) is 0 Å². The Balaban J connectivity index is 1.91. The molecule has 0 aliphatic carbocycles. The van der Waals surface area contributed by atoms with Crippen molar-refractivity contribution in [2.75, 3.05) is 0 Å². The van der Waals surface area contributed by atoms with Gasteiger partial charge in [0.25, 0.3) is 0 Å². The molecule has 0 aliphatic rings. The standard InChI is InChI=1S/C13H20N6O/c1-3-11(13-14-10-16-19(13)4-2)17-12(20)6-9-18-8-5-7-15-18/h5,7-8,10-11H,3-4,6,9H2,1-2H3,(H,17,20)/t11-/m0/s1. The summed E-state index contributed by atoms with van der Waals surface area (Å²) in [6.45, 7) is 5.35. The van der Waals surface area contributed by atoms with Crippen molar-refractivity contribution >= 4 is 5.91 Å². The molecule has 2 aromatic heterocycles. The first-order valence-corrected chi connectivity index (χ1v) is 6.89. The topological polar surface area (TPSA) is 77.6 Å². The maximum atomic E-state index is 12.0. The van der Waals surface area contributed by atoms with Crippen molar-refractivity contribution < 1.29 is 4.79 Å². The number of aromatic nitrogens is 5. The molecule has 1 N–H and O–H groups in total. The van der Waals surface area contributed by atoms with Crippen LogP contribution in [0.4, 0.5) is 0 Å². The number of hydrogen-bond acceptors (Lipinski definition) is 4. The van der Waals surface area contributed by atoms with E-state index in [9.17, 15) is 4.79 Å². The number of amides is 1. The van der Waals surface area contributed by atoms with Gasteiger partial charge < -0.3 is 5.32 Å². The van der Waals surface area contributed by atoms with Crippen LogP contribution in [0.3, 0.4) is 0 Å². The van der Waals surface area contributed by atoms with E-state index in [2.05, 4.69) is 20.5 Å². The summed E-state index contributed by atoms with van der Waals surface area (Å²) in [6.07, 6.45) is 6.26. The number of carbonyl (C=O) groups is 1. The summed E-state index contributed by atoms with van der Waals surface area (Å²) in [6, 6.07) is 1.75. The number of hydrogen-bond donors (Lipinski definition) is 1. The summed E-state index contributed by atoms with van der Waals surface area (Å²) < 4.78 is 3.55. The van der Waals surface area contributed by atoms with Crippen LogP contribution in [0, 0.1) is 0 Å². The van der Waals surface area contributed by atoms with E-state index in [0.717, 1.165) is 18.8 Å². The highest BCUT2D eigenvalue weighted by atomic mass is 16.1. The quantitative estimate of drug-likeness (QED) is 0.823. The Labute approximate surface area is 118 Å². The lowest BCUT2D eigenvalue weighted by Crippen LogP contribution is -2.31. The van der Waals surface area contributed by atoms with Crippen molar-refractivity contribution in [1.29, 1.82) is 0 Å². The van der Waals surface area contributed by atoms with E-state index < -0.39 is 0 Å². The van der Waals surface area contributed by atoms with Gasteiger partial charge >= 0.3 is 0 Å². The van der Waals surface area contributed by atoms with E-state index in [1.807, 2.05) is 30.8 Å². The van der Waals surface area contributed by atoms with Crippen LogP contribution in [0.5, 0.6) is 0 Å². The van der Waals surface area contributed by atoms with Crippen molar-refractivity contribution in [3.05, 3.63) is 30.6 Å². The molecule has 20 heavy (non-hydrogen) atoms. The molecule has 0 aromatic carbocycles. The van der Waals surface area contributed by atoms with E-state index >= 15 is 0 Å². The lowest BCUT2D eigenvalue weighted by Gasteiger charge is -2.16. The van der Waals surface area contributed by atoms with Crippen molar-refractivity contribution in [3.8, 4) is 0 Å². The molecule has 0 saturated carbocycles. The average Bonchev–Trinajstić information content (AvgIpc) is 3.13. The molecule has 0 fully saturated rings. The molecule has 7 nitrogen and oxygen atoms in total. The molecule has 0 saturated heterocycles. The first-order chi connectivity index (χ1) is 9.74. The molecule has 2 heterocycles. The number of nitrogens with zero attached hydrogens (tertiary/aromatic N) is 5. The summed E-state index contributed by atoms with van der Waals surface area (Å²) in [7, 11) is 0. The number of aryl methyl sites for hydroxylation is 2. The fourth-order valence-electron chi connectivity index (χ4n) is 2.05. The van der Waals surface area contributed by atoms with Gasteiger partial charge in [-0.3, -0.25) is 9.48 Å². The number of nitrogens with one attached hydrogen (secondary N) is 1. The number of rotatable bonds is 7. The third kappa shape index (κ3) is 3.43. The van der Waals surface area contributed by atoms with Gasteiger partial charge in [-0.25, -0.2) is 9.67 Å². The van der Waals surface area contributed by atoms with Gasteiger partial charge in [-0.05, 0) is 19.4 Å². The summed E-state index contributed by atoms with van der Waals surface area (Å²) >= 11 is 0. The highest BCUT2D eigenvalue weighted by Gasteiger charge is 2.17. The Morgan fingerprint density at radius 2 is 2.25 bits per heavy atom. The van der Waals surface area contributed by atoms with Crippen molar-refractivity contribution in [1.82, 2.24) is 29.9 Å². The molecular weight excluding hydrogens is 256 g/mol. The average molecular weight is 276 g/mol. The van der Waals surface area contributed by atoms with Gasteiger partial charge in [0.15, 0.2) is 0 Å². The van der Waals surface area contributed by atoms with Gasteiger partial charge in [0, 0.05) is 31.9 Å². The van der Waals surface area contributed by atoms with Gasteiger partial charge in [0.1, 0.15) is 12.2 Å². The Morgan fingerprint density at radius 1 is 1.40 bits per heavy atom.